The van der Waals surface area contributed by atoms with E-state index in [1.807, 2.05) is 18.3 Å². The summed E-state index contributed by atoms with van der Waals surface area (Å²) >= 11 is 0. The van der Waals surface area contributed by atoms with Crippen LogP contribution in [0.15, 0.2) is 29.4 Å². The van der Waals surface area contributed by atoms with Crippen molar-refractivity contribution >= 4 is 29.9 Å². The molecule has 0 aliphatic heterocycles. The van der Waals surface area contributed by atoms with Gasteiger partial charge in [0.2, 0.25) is 0 Å². The first-order valence-corrected chi connectivity index (χ1v) is 8.20. The van der Waals surface area contributed by atoms with Gasteiger partial charge in [-0.15, -0.1) is 24.0 Å². The van der Waals surface area contributed by atoms with Gasteiger partial charge in [-0.2, -0.15) is 0 Å². The van der Waals surface area contributed by atoms with Crippen LogP contribution in [0.3, 0.4) is 0 Å². The minimum absolute atomic E-state index is 0. The summed E-state index contributed by atoms with van der Waals surface area (Å²) in [5.41, 5.74) is 1.59. The van der Waals surface area contributed by atoms with Crippen LogP contribution >= 0.6 is 24.0 Å². The maximum absolute atomic E-state index is 4.78. The van der Waals surface area contributed by atoms with E-state index in [1.54, 1.807) is 0 Å². The van der Waals surface area contributed by atoms with Crippen molar-refractivity contribution in [1.29, 1.82) is 0 Å². The molecule has 0 spiro atoms. The standard InChI is InChI=1S/C17H28N4.HI/c1-3-17(10-7-11-17)14-21-16(18-4-2)20-13-9-15-8-5-6-12-19-15;/h5-6,8,12H,3-4,7,9-11,13-14H2,1-2H3,(H2,18,20,21);1H. The highest BCUT2D eigenvalue weighted by atomic mass is 127. The molecule has 0 atom stereocenters. The molecule has 4 nitrogen and oxygen atoms in total. The third-order valence-electron chi connectivity index (χ3n) is 4.48. The second kappa shape index (κ2) is 10.0. The van der Waals surface area contributed by atoms with Gasteiger partial charge in [0.1, 0.15) is 0 Å². The van der Waals surface area contributed by atoms with E-state index in [0.717, 1.165) is 37.7 Å². The van der Waals surface area contributed by atoms with Crippen molar-refractivity contribution in [2.45, 2.75) is 46.0 Å². The van der Waals surface area contributed by atoms with E-state index in [2.05, 4.69) is 35.5 Å². The summed E-state index contributed by atoms with van der Waals surface area (Å²) in [7, 11) is 0. The average Bonchev–Trinajstić information content (AvgIpc) is 2.47. The number of hydrogen-bond acceptors (Lipinski definition) is 2. The SMILES string of the molecule is CCNC(=NCC1(CC)CCC1)NCCc1ccccn1.I. The van der Waals surface area contributed by atoms with E-state index in [-0.39, 0.29) is 24.0 Å². The maximum Gasteiger partial charge on any atom is 0.191 e. The Kier molecular flexibility index (Phi) is 8.75. The quantitative estimate of drug-likeness (QED) is 0.407. The van der Waals surface area contributed by atoms with Crippen LogP contribution in [0.1, 0.15) is 45.2 Å². The lowest BCUT2D eigenvalue weighted by Gasteiger charge is -2.40. The third kappa shape index (κ3) is 5.74. The van der Waals surface area contributed by atoms with Crippen molar-refractivity contribution in [3.05, 3.63) is 30.1 Å². The zero-order chi connectivity index (χ0) is 15.0. The predicted octanol–water partition coefficient (Wildman–Crippen LogP) is 3.38. The molecule has 5 heteroatoms. The molecule has 124 valence electrons. The van der Waals surface area contributed by atoms with Crippen LogP contribution in [0.4, 0.5) is 0 Å². The number of rotatable bonds is 7. The van der Waals surface area contributed by atoms with E-state index in [4.69, 9.17) is 4.99 Å². The van der Waals surface area contributed by atoms with E-state index in [9.17, 15) is 0 Å². The van der Waals surface area contributed by atoms with Gasteiger partial charge in [0.15, 0.2) is 5.96 Å². The smallest absolute Gasteiger partial charge is 0.191 e. The lowest BCUT2D eigenvalue weighted by Crippen LogP contribution is -2.40. The summed E-state index contributed by atoms with van der Waals surface area (Å²) in [6.45, 7) is 7.10. The van der Waals surface area contributed by atoms with E-state index >= 15 is 0 Å². The van der Waals surface area contributed by atoms with Gasteiger partial charge in [-0.05, 0) is 43.7 Å². The Balaban J connectivity index is 0.00000242. The van der Waals surface area contributed by atoms with Crippen molar-refractivity contribution < 1.29 is 0 Å². The van der Waals surface area contributed by atoms with Crippen LogP contribution in [0.2, 0.25) is 0 Å². The van der Waals surface area contributed by atoms with Gasteiger partial charge < -0.3 is 10.6 Å². The van der Waals surface area contributed by atoms with Crippen LogP contribution < -0.4 is 10.6 Å². The summed E-state index contributed by atoms with van der Waals surface area (Å²) in [6.07, 6.45) is 8.04. The third-order valence-corrected chi connectivity index (χ3v) is 4.48. The molecule has 2 rings (SSSR count). The van der Waals surface area contributed by atoms with Crippen molar-refractivity contribution in [1.82, 2.24) is 15.6 Å². The molecule has 0 aromatic carbocycles. The summed E-state index contributed by atoms with van der Waals surface area (Å²) in [5.74, 6) is 0.938. The zero-order valence-corrected chi connectivity index (χ0v) is 16.1. The van der Waals surface area contributed by atoms with Crippen LogP contribution in [-0.4, -0.2) is 30.6 Å². The van der Waals surface area contributed by atoms with Crippen molar-refractivity contribution in [3.8, 4) is 0 Å². The summed E-state index contributed by atoms with van der Waals surface area (Å²) in [4.78, 5) is 9.13. The fourth-order valence-electron chi connectivity index (χ4n) is 2.74. The number of hydrogen-bond donors (Lipinski definition) is 2. The van der Waals surface area contributed by atoms with Gasteiger partial charge >= 0.3 is 0 Å². The number of aromatic nitrogens is 1. The maximum atomic E-state index is 4.78. The largest absolute Gasteiger partial charge is 0.357 e. The van der Waals surface area contributed by atoms with Crippen molar-refractivity contribution in [2.24, 2.45) is 10.4 Å². The second-order valence-electron chi connectivity index (χ2n) is 5.90. The van der Waals surface area contributed by atoms with Crippen LogP contribution in [0, 0.1) is 5.41 Å². The Labute approximate surface area is 151 Å². The van der Waals surface area contributed by atoms with Crippen LogP contribution in [0.25, 0.3) is 0 Å². The van der Waals surface area contributed by atoms with Gasteiger partial charge in [0.05, 0.1) is 0 Å². The summed E-state index contributed by atoms with van der Waals surface area (Å²) in [5, 5.41) is 6.75. The molecule has 0 radical (unpaired) electrons. The minimum atomic E-state index is 0. The zero-order valence-electron chi connectivity index (χ0n) is 13.8. The Morgan fingerprint density at radius 3 is 2.64 bits per heavy atom. The highest BCUT2D eigenvalue weighted by Gasteiger charge is 2.34. The molecule has 1 aliphatic carbocycles. The molecule has 0 amide bonds. The molecule has 1 fully saturated rings. The minimum Gasteiger partial charge on any atom is -0.357 e. The lowest BCUT2D eigenvalue weighted by molar-refractivity contribution is 0.139. The molecule has 0 bridgehead atoms. The second-order valence-corrected chi connectivity index (χ2v) is 5.90. The molecule has 22 heavy (non-hydrogen) atoms. The molecule has 1 aromatic rings. The van der Waals surface area contributed by atoms with Gasteiger partial charge in [-0.3, -0.25) is 9.98 Å². The van der Waals surface area contributed by atoms with Crippen LogP contribution in [-0.2, 0) is 6.42 Å². The number of nitrogens with zero attached hydrogens (tertiary/aromatic N) is 2. The van der Waals surface area contributed by atoms with Gasteiger partial charge in [0.25, 0.3) is 0 Å². The van der Waals surface area contributed by atoms with E-state index < -0.39 is 0 Å². The van der Waals surface area contributed by atoms with Gasteiger partial charge in [-0.25, -0.2) is 0 Å². The van der Waals surface area contributed by atoms with Crippen molar-refractivity contribution in [2.75, 3.05) is 19.6 Å². The number of guanidine groups is 1. The highest BCUT2D eigenvalue weighted by Crippen LogP contribution is 2.43. The molecular formula is C17H29IN4. The Bertz CT molecular complexity index is 438. The van der Waals surface area contributed by atoms with E-state index in [1.165, 1.54) is 25.7 Å². The average molecular weight is 416 g/mol. The topological polar surface area (TPSA) is 49.3 Å². The molecular weight excluding hydrogens is 387 g/mol. The Hall–Kier alpha value is -0.850. The molecule has 0 unspecified atom stereocenters. The summed E-state index contributed by atoms with van der Waals surface area (Å²) in [6, 6.07) is 6.04. The molecule has 2 N–H and O–H groups in total. The molecule has 1 aromatic heterocycles. The fraction of sp³-hybridized carbons (Fsp3) is 0.647. The van der Waals surface area contributed by atoms with E-state index in [0.29, 0.717) is 5.41 Å². The normalized spacial score (nSPS) is 16.4. The lowest BCUT2D eigenvalue weighted by atomic mass is 9.67. The molecule has 0 saturated heterocycles. The number of pyridine rings is 1. The number of nitrogens with one attached hydrogen (secondary N) is 2. The number of halogens is 1. The highest BCUT2D eigenvalue weighted by molar-refractivity contribution is 14.0. The summed E-state index contributed by atoms with van der Waals surface area (Å²) < 4.78 is 0. The molecule has 1 aliphatic rings. The Morgan fingerprint density at radius 1 is 1.27 bits per heavy atom. The first-order chi connectivity index (χ1) is 10.3. The predicted molar refractivity (Wildman–Crippen MR) is 104 cm³/mol. The first kappa shape index (κ1) is 19.2. The van der Waals surface area contributed by atoms with Crippen molar-refractivity contribution in [3.63, 3.8) is 0 Å². The first-order valence-electron chi connectivity index (χ1n) is 8.20. The van der Waals surface area contributed by atoms with Gasteiger partial charge in [0, 0.05) is 37.9 Å². The van der Waals surface area contributed by atoms with Crippen LogP contribution in [0.5, 0.6) is 0 Å². The molecule has 1 heterocycles. The fourth-order valence-corrected chi connectivity index (χ4v) is 2.74. The monoisotopic (exact) mass is 416 g/mol. The number of aliphatic imine (C=N–C) groups is 1. The molecule has 1 saturated carbocycles. The van der Waals surface area contributed by atoms with Gasteiger partial charge in [-0.1, -0.05) is 19.4 Å². The Morgan fingerprint density at radius 2 is 2.09 bits per heavy atom.